The Bertz CT molecular complexity index is 520. The molecule has 5 nitrogen and oxygen atoms in total. The molecule has 0 fully saturated rings. The fourth-order valence-corrected chi connectivity index (χ4v) is 1.63. The maximum atomic E-state index is 9.74. The van der Waals surface area contributed by atoms with E-state index in [9.17, 15) is 5.11 Å². The third-order valence-corrected chi connectivity index (χ3v) is 2.37. The van der Waals surface area contributed by atoms with Crippen LogP contribution >= 0.6 is 0 Å². The van der Waals surface area contributed by atoms with Crippen molar-refractivity contribution in [3.8, 4) is 17.1 Å². The lowest BCUT2D eigenvalue weighted by Crippen LogP contribution is -2.10. The van der Waals surface area contributed by atoms with Crippen LogP contribution in [0.3, 0.4) is 0 Å². The summed E-state index contributed by atoms with van der Waals surface area (Å²) >= 11 is 0. The monoisotopic (exact) mass is 233 g/mol. The third kappa shape index (κ3) is 2.57. The van der Waals surface area contributed by atoms with Crippen molar-refractivity contribution in [3.05, 3.63) is 30.0 Å². The number of anilines is 1. The van der Waals surface area contributed by atoms with Crippen LogP contribution < -0.4 is 5.73 Å². The number of rotatable bonds is 3. The van der Waals surface area contributed by atoms with Crippen LogP contribution in [0.1, 0.15) is 5.56 Å². The number of nitrogen functional groups attached to an aromatic ring is 1. The van der Waals surface area contributed by atoms with Crippen LogP contribution in [-0.2, 0) is 6.54 Å². The molecule has 0 bridgehead atoms. The molecule has 1 aromatic carbocycles. The van der Waals surface area contributed by atoms with E-state index in [-0.39, 0.29) is 11.8 Å². The number of aromatic hydroxyl groups is 1. The molecule has 5 heteroatoms. The quantitative estimate of drug-likeness (QED) is 0.843. The first-order chi connectivity index (χ1) is 8.06. The first-order valence-corrected chi connectivity index (χ1v) is 5.24. The van der Waals surface area contributed by atoms with Crippen molar-refractivity contribution >= 4 is 6.01 Å². The summed E-state index contributed by atoms with van der Waals surface area (Å²) in [6, 6.07) is 5.43. The largest absolute Gasteiger partial charge is 0.508 e. The zero-order chi connectivity index (χ0) is 12.4. The number of hydrogen-bond acceptors (Lipinski definition) is 5. The van der Waals surface area contributed by atoms with Gasteiger partial charge in [0.2, 0.25) is 0 Å². The fourth-order valence-electron chi connectivity index (χ4n) is 1.63. The number of benzene rings is 1. The van der Waals surface area contributed by atoms with Gasteiger partial charge in [-0.3, -0.25) is 0 Å². The Morgan fingerprint density at radius 1 is 1.41 bits per heavy atom. The van der Waals surface area contributed by atoms with Gasteiger partial charge < -0.3 is 20.2 Å². The molecule has 1 aromatic heterocycles. The molecular weight excluding hydrogens is 218 g/mol. The van der Waals surface area contributed by atoms with E-state index >= 15 is 0 Å². The highest BCUT2D eigenvalue weighted by molar-refractivity contribution is 5.60. The molecule has 2 rings (SSSR count). The van der Waals surface area contributed by atoms with Crippen molar-refractivity contribution in [1.29, 1.82) is 0 Å². The topological polar surface area (TPSA) is 75.5 Å². The van der Waals surface area contributed by atoms with Crippen molar-refractivity contribution < 1.29 is 9.52 Å². The molecule has 1 heterocycles. The van der Waals surface area contributed by atoms with Crippen molar-refractivity contribution in [2.24, 2.45) is 0 Å². The number of nitrogens with zero attached hydrogens (tertiary/aromatic N) is 2. The minimum absolute atomic E-state index is 0.141. The molecule has 3 N–H and O–H groups in total. The van der Waals surface area contributed by atoms with Gasteiger partial charge in [-0.1, -0.05) is 0 Å². The van der Waals surface area contributed by atoms with Crippen LogP contribution in [0.15, 0.2) is 28.8 Å². The molecule has 0 saturated heterocycles. The molecule has 0 aliphatic carbocycles. The number of phenols is 1. The normalized spacial score (nSPS) is 11.0. The number of aromatic nitrogens is 1. The summed E-state index contributed by atoms with van der Waals surface area (Å²) in [5.74, 6) is 0.873. The van der Waals surface area contributed by atoms with Gasteiger partial charge in [0.1, 0.15) is 5.75 Å². The molecule has 0 amide bonds. The van der Waals surface area contributed by atoms with Crippen molar-refractivity contribution in [3.63, 3.8) is 0 Å². The van der Waals surface area contributed by atoms with E-state index in [1.807, 2.05) is 25.1 Å². The Labute approximate surface area is 99.5 Å². The summed E-state index contributed by atoms with van der Waals surface area (Å²) in [5, 5.41) is 9.74. The van der Waals surface area contributed by atoms with Crippen molar-refractivity contribution in [2.45, 2.75) is 6.54 Å². The molecule has 0 aliphatic heterocycles. The Kier molecular flexibility index (Phi) is 3.01. The fraction of sp³-hybridized carbons (Fsp3) is 0.250. The number of hydrogen-bond donors (Lipinski definition) is 2. The van der Waals surface area contributed by atoms with E-state index in [1.54, 1.807) is 18.3 Å². The van der Waals surface area contributed by atoms with E-state index in [0.29, 0.717) is 12.3 Å². The maximum absolute atomic E-state index is 9.74. The van der Waals surface area contributed by atoms with Gasteiger partial charge in [0.25, 0.3) is 6.01 Å². The molecule has 90 valence electrons. The third-order valence-electron chi connectivity index (χ3n) is 2.37. The van der Waals surface area contributed by atoms with Crippen LogP contribution in [0.4, 0.5) is 6.01 Å². The molecule has 0 radical (unpaired) electrons. The van der Waals surface area contributed by atoms with Crippen LogP contribution in [-0.4, -0.2) is 29.1 Å². The predicted molar refractivity (Wildman–Crippen MR) is 65.4 cm³/mol. The first-order valence-electron chi connectivity index (χ1n) is 5.24. The van der Waals surface area contributed by atoms with E-state index in [2.05, 4.69) is 4.98 Å². The van der Waals surface area contributed by atoms with E-state index in [4.69, 9.17) is 10.2 Å². The van der Waals surface area contributed by atoms with E-state index in [1.165, 1.54) is 0 Å². The number of phenolic OH excluding ortho intramolecular Hbond substituents is 1. The summed E-state index contributed by atoms with van der Waals surface area (Å²) in [5.41, 5.74) is 7.12. The van der Waals surface area contributed by atoms with Crippen molar-refractivity contribution in [1.82, 2.24) is 9.88 Å². The second kappa shape index (κ2) is 4.47. The minimum Gasteiger partial charge on any atom is -0.508 e. The highest BCUT2D eigenvalue weighted by Gasteiger charge is 2.08. The average molecular weight is 233 g/mol. The minimum atomic E-state index is 0.141. The zero-order valence-corrected chi connectivity index (χ0v) is 9.84. The molecule has 0 unspecified atom stereocenters. The van der Waals surface area contributed by atoms with Gasteiger partial charge in [-0.25, -0.2) is 4.98 Å². The Morgan fingerprint density at radius 3 is 2.76 bits per heavy atom. The van der Waals surface area contributed by atoms with Crippen LogP contribution in [0, 0.1) is 0 Å². The standard InChI is InChI=1S/C12H15N3O2/c1-15(2)7-9-5-8(3-4-10(9)16)11-6-14-12(13)17-11/h3-6,16H,7H2,1-2H3,(H2,13,14). The zero-order valence-electron chi connectivity index (χ0n) is 9.84. The second-order valence-electron chi connectivity index (χ2n) is 4.14. The number of nitrogens with two attached hydrogens (primary N) is 1. The van der Waals surface area contributed by atoms with Gasteiger partial charge >= 0.3 is 0 Å². The smallest absolute Gasteiger partial charge is 0.292 e. The van der Waals surface area contributed by atoms with Gasteiger partial charge in [0.05, 0.1) is 6.20 Å². The molecule has 17 heavy (non-hydrogen) atoms. The number of oxazole rings is 1. The van der Waals surface area contributed by atoms with Crippen LogP contribution in [0.2, 0.25) is 0 Å². The Hall–Kier alpha value is -2.01. The van der Waals surface area contributed by atoms with Gasteiger partial charge in [-0.05, 0) is 32.3 Å². The van der Waals surface area contributed by atoms with Gasteiger partial charge in [-0.2, -0.15) is 0 Å². The lowest BCUT2D eigenvalue weighted by Gasteiger charge is -2.11. The lowest BCUT2D eigenvalue weighted by molar-refractivity contribution is 0.386. The second-order valence-corrected chi connectivity index (χ2v) is 4.14. The SMILES string of the molecule is CN(C)Cc1cc(-c2cnc(N)o2)ccc1O. The first kappa shape index (κ1) is 11.5. The molecule has 2 aromatic rings. The van der Waals surface area contributed by atoms with Gasteiger partial charge in [-0.15, -0.1) is 0 Å². The predicted octanol–water partition coefficient (Wildman–Crippen LogP) is 1.69. The molecule has 0 atom stereocenters. The maximum Gasteiger partial charge on any atom is 0.292 e. The molecule has 0 spiro atoms. The summed E-state index contributed by atoms with van der Waals surface area (Å²) in [7, 11) is 3.89. The van der Waals surface area contributed by atoms with Crippen molar-refractivity contribution in [2.75, 3.05) is 19.8 Å². The summed E-state index contributed by atoms with van der Waals surface area (Å²) < 4.78 is 5.24. The highest BCUT2D eigenvalue weighted by Crippen LogP contribution is 2.27. The molecule has 0 saturated carbocycles. The summed E-state index contributed by atoms with van der Waals surface area (Å²) in [4.78, 5) is 5.82. The van der Waals surface area contributed by atoms with Gasteiger partial charge in [0, 0.05) is 17.7 Å². The molecular formula is C12H15N3O2. The summed E-state index contributed by atoms with van der Waals surface area (Å²) in [6.45, 7) is 0.656. The van der Waals surface area contributed by atoms with E-state index < -0.39 is 0 Å². The molecule has 0 aliphatic rings. The Morgan fingerprint density at radius 2 is 2.18 bits per heavy atom. The van der Waals surface area contributed by atoms with E-state index in [0.717, 1.165) is 11.1 Å². The highest BCUT2D eigenvalue weighted by atomic mass is 16.4. The summed E-state index contributed by atoms with van der Waals surface area (Å²) in [6.07, 6.45) is 1.57. The van der Waals surface area contributed by atoms with Gasteiger partial charge in [0.15, 0.2) is 5.76 Å². The Balaban J connectivity index is 2.36. The van der Waals surface area contributed by atoms with Crippen LogP contribution in [0.5, 0.6) is 5.75 Å². The lowest BCUT2D eigenvalue weighted by atomic mass is 10.1. The average Bonchev–Trinajstić information content (AvgIpc) is 2.67. The van der Waals surface area contributed by atoms with Crippen LogP contribution in [0.25, 0.3) is 11.3 Å².